The molecule has 0 aliphatic rings. The molecule has 0 saturated carbocycles. The lowest BCUT2D eigenvalue weighted by Crippen LogP contribution is -2.50. The van der Waals surface area contributed by atoms with Gasteiger partial charge in [0, 0.05) is 12.0 Å². The summed E-state index contributed by atoms with van der Waals surface area (Å²) in [7, 11) is 0. The maximum atomic E-state index is 11.4. The molecule has 0 aromatic carbocycles. The number of rotatable bonds is 4. The second-order valence-electron chi connectivity index (χ2n) is 3.74. The van der Waals surface area contributed by atoms with Crippen molar-refractivity contribution < 1.29 is 4.79 Å². The second-order valence-corrected chi connectivity index (χ2v) is 3.74. The highest BCUT2D eigenvalue weighted by molar-refractivity contribution is 5.82. The van der Waals surface area contributed by atoms with Crippen LogP contribution < -0.4 is 11.1 Å². The van der Waals surface area contributed by atoms with E-state index < -0.39 is 6.04 Å². The topological polar surface area (TPSA) is 55.1 Å². The summed E-state index contributed by atoms with van der Waals surface area (Å²) in [5.41, 5.74) is 5.33. The molecule has 1 amide bonds. The predicted molar refractivity (Wildman–Crippen MR) is 53.9 cm³/mol. The second kappa shape index (κ2) is 4.88. The summed E-state index contributed by atoms with van der Waals surface area (Å²) in [5.74, 6) is 2.19. The van der Waals surface area contributed by atoms with Crippen LogP contribution in [0.15, 0.2) is 0 Å². The molecule has 13 heavy (non-hydrogen) atoms. The molecule has 3 N–H and O–H groups in total. The van der Waals surface area contributed by atoms with Gasteiger partial charge >= 0.3 is 0 Å². The Bertz CT molecular complexity index is 215. The molecule has 0 aromatic heterocycles. The van der Waals surface area contributed by atoms with Crippen molar-refractivity contribution in [2.24, 2.45) is 5.73 Å². The van der Waals surface area contributed by atoms with Crippen LogP contribution in [-0.2, 0) is 4.79 Å². The molecule has 1 atom stereocenters. The molecule has 3 heteroatoms. The quantitative estimate of drug-likeness (QED) is 0.627. The molecule has 0 fully saturated rings. The maximum Gasteiger partial charge on any atom is 0.238 e. The largest absolute Gasteiger partial charge is 0.350 e. The number of hydrogen-bond acceptors (Lipinski definition) is 2. The van der Waals surface area contributed by atoms with Gasteiger partial charge in [0.25, 0.3) is 0 Å². The normalized spacial score (nSPS) is 13.2. The van der Waals surface area contributed by atoms with Gasteiger partial charge in [0.2, 0.25) is 5.91 Å². The third-order valence-corrected chi connectivity index (χ3v) is 2.02. The summed E-state index contributed by atoms with van der Waals surface area (Å²) < 4.78 is 0. The average molecular weight is 182 g/mol. The molecule has 1 unspecified atom stereocenters. The van der Waals surface area contributed by atoms with E-state index in [4.69, 9.17) is 12.2 Å². The minimum atomic E-state index is -0.587. The van der Waals surface area contributed by atoms with Crippen LogP contribution in [0.2, 0.25) is 0 Å². The SMILES string of the molecule is C#CCC(N)C(=O)NC(C)(C)CC. The molecule has 74 valence electrons. The van der Waals surface area contributed by atoms with Crippen LogP contribution >= 0.6 is 0 Å². The standard InChI is InChI=1S/C10H18N2O/c1-5-7-8(11)9(13)12-10(3,4)6-2/h1,8H,6-7,11H2,2-4H3,(H,12,13). The molecule has 0 saturated heterocycles. The van der Waals surface area contributed by atoms with Crippen LogP contribution in [0, 0.1) is 12.3 Å². The Kier molecular flexibility index (Phi) is 4.50. The Morgan fingerprint density at radius 3 is 2.62 bits per heavy atom. The molecule has 0 bridgehead atoms. The minimum Gasteiger partial charge on any atom is -0.350 e. The van der Waals surface area contributed by atoms with Crippen LogP contribution in [-0.4, -0.2) is 17.5 Å². The summed E-state index contributed by atoms with van der Waals surface area (Å²) in [6.07, 6.45) is 6.20. The Morgan fingerprint density at radius 1 is 1.69 bits per heavy atom. The van der Waals surface area contributed by atoms with Gasteiger partial charge in [-0.2, -0.15) is 0 Å². The van der Waals surface area contributed by atoms with Crippen LogP contribution in [0.5, 0.6) is 0 Å². The van der Waals surface area contributed by atoms with E-state index >= 15 is 0 Å². The highest BCUT2D eigenvalue weighted by Gasteiger charge is 2.21. The van der Waals surface area contributed by atoms with Gasteiger partial charge in [-0.15, -0.1) is 12.3 Å². The lowest BCUT2D eigenvalue weighted by Gasteiger charge is -2.25. The number of terminal acetylenes is 1. The molecule has 0 aliphatic heterocycles. The van der Waals surface area contributed by atoms with E-state index in [0.29, 0.717) is 0 Å². The third kappa shape index (κ3) is 4.54. The van der Waals surface area contributed by atoms with Gasteiger partial charge in [-0.1, -0.05) is 6.92 Å². The van der Waals surface area contributed by atoms with Gasteiger partial charge < -0.3 is 11.1 Å². The smallest absolute Gasteiger partial charge is 0.238 e. The van der Waals surface area contributed by atoms with Gasteiger partial charge in [-0.3, -0.25) is 4.79 Å². The zero-order valence-electron chi connectivity index (χ0n) is 8.55. The molecular weight excluding hydrogens is 164 g/mol. The molecule has 0 aromatic rings. The van der Waals surface area contributed by atoms with Crippen molar-refractivity contribution in [1.82, 2.24) is 5.32 Å². The fourth-order valence-corrected chi connectivity index (χ4v) is 0.734. The molecule has 0 heterocycles. The van der Waals surface area contributed by atoms with E-state index in [0.717, 1.165) is 6.42 Å². The number of nitrogens with one attached hydrogen (secondary N) is 1. The van der Waals surface area contributed by atoms with Crippen molar-refractivity contribution in [1.29, 1.82) is 0 Å². The van der Waals surface area contributed by atoms with E-state index in [2.05, 4.69) is 11.2 Å². The van der Waals surface area contributed by atoms with E-state index in [1.165, 1.54) is 0 Å². The van der Waals surface area contributed by atoms with Gasteiger partial charge in [-0.25, -0.2) is 0 Å². The average Bonchev–Trinajstić information content (AvgIpc) is 2.04. The van der Waals surface area contributed by atoms with E-state index in [1.807, 2.05) is 20.8 Å². The van der Waals surface area contributed by atoms with E-state index in [1.54, 1.807) is 0 Å². The summed E-state index contributed by atoms with van der Waals surface area (Å²) in [6.45, 7) is 5.91. The molecule has 3 nitrogen and oxygen atoms in total. The molecule has 0 radical (unpaired) electrons. The zero-order valence-corrected chi connectivity index (χ0v) is 8.55. The van der Waals surface area contributed by atoms with Crippen molar-refractivity contribution in [3.63, 3.8) is 0 Å². The first-order chi connectivity index (χ1) is 5.93. The monoisotopic (exact) mass is 182 g/mol. The lowest BCUT2D eigenvalue weighted by atomic mass is 10.0. The fourth-order valence-electron chi connectivity index (χ4n) is 0.734. The first-order valence-electron chi connectivity index (χ1n) is 4.44. The van der Waals surface area contributed by atoms with Gasteiger partial charge in [-0.05, 0) is 20.3 Å². The number of carbonyl (C=O) groups is 1. The van der Waals surface area contributed by atoms with E-state index in [9.17, 15) is 4.79 Å². The summed E-state index contributed by atoms with van der Waals surface area (Å²) in [4.78, 5) is 11.4. The van der Waals surface area contributed by atoms with Crippen LogP contribution in [0.25, 0.3) is 0 Å². The Morgan fingerprint density at radius 2 is 2.23 bits per heavy atom. The van der Waals surface area contributed by atoms with Crippen molar-refractivity contribution >= 4 is 5.91 Å². The van der Waals surface area contributed by atoms with Crippen LogP contribution in [0.1, 0.15) is 33.6 Å². The highest BCUT2D eigenvalue weighted by Crippen LogP contribution is 2.06. The lowest BCUT2D eigenvalue weighted by molar-refractivity contribution is -0.123. The zero-order chi connectivity index (χ0) is 10.5. The first-order valence-corrected chi connectivity index (χ1v) is 4.44. The molecule has 0 rings (SSSR count). The summed E-state index contributed by atoms with van der Waals surface area (Å²) in [5, 5.41) is 2.83. The van der Waals surface area contributed by atoms with Crippen molar-refractivity contribution in [2.45, 2.75) is 45.2 Å². The van der Waals surface area contributed by atoms with Crippen molar-refractivity contribution in [3.05, 3.63) is 0 Å². The van der Waals surface area contributed by atoms with Crippen LogP contribution in [0.4, 0.5) is 0 Å². The third-order valence-electron chi connectivity index (χ3n) is 2.02. The van der Waals surface area contributed by atoms with Gasteiger partial charge in [0.1, 0.15) is 0 Å². The molecule has 0 aliphatic carbocycles. The summed E-state index contributed by atoms with van der Waals surface area (Å²) in [6, 6.07) is -0.587. The predicted octanol–water partition coefficient (Wildman–Crippen LogP) is 0.642. The van der Waals surface area contributed by atoms with Crippen molar-refractivity contribution in [3.8, 4) is 12.3 Å². The van der Waals surface area contributed by atoms with Crippen molar-refractivity contribution in [2.75, 3.05) is 0 Å². The number of amides is 1. The number of nitrogens with two attached hydrogens (primary N) is 1. The minimum absolute atomic E-state index is 0.176. The fraction of sp³-hybridized carbons (Fsp3) is 0.700. The number of carbonyl (C=O) groups excluding carboxylic acids is 1. The Balaban J connectivity index is 4.08. The molecular formula is C10H18N2O. The van der Waals surface area contributed by atoms with Gasteiger partial charge in [0.05, 0.1) is 6.04 Å². The van der Waals surface area contributed by atoms with E-state index in [-0.39, 0.29) is 17.9 Å². The maximum absolute atomic E-state index is 11.4. The Labute approximate surface area is 80.1 Å². The number of hydrogen-bond donors (Lipinski definition) is 2. The molecule has 0 spiro atoms. The highest BCUT2D eigenvalue weighted by atomic mass is 16.2. The summed E-state index contributed by atoms with van der Waals surface area (Å²) >= 11 is 0. The van der Waals surface area contributed by atoms with Gasteiger partial charge in [0.15, 0.2) is 0 Å². The first kappa shape index (κ1) is 12.0. The van der Waals surface area contributed by atoms with Crippen LogP contribution in [0.3, 0.4) is 0 Å². The Hall–Kier alpha value is -1.01.